The lowest BCUT2D eigenvalue weighted by Gasteiger charge is -2.14. The molecule has 0 saturated heterocycles. The van der Waals surface area contributed by atoms with E-state index in [-0.39, 0.29) is 0 Å². The Labute approximate surface area is 177 Å². The van der Waals surface area contributed by atoms with Crippen LogP contribution in [0.15, 0.2) is 72.8 Å². The summed E-state index contributed by atoms with van der Waals surface area (Å²) in [6.07, 6.45) is 0. The highest BCUT2D eigenvalue weighted by molar-refractivity contribution is 5.84. The minimum absolute atomic E-state index is 0.679. The standard InChI is InChI=1S/C26H24N2O2/c1-17-5-9-19(10-6-17)23-16-22(21-13-14-24(29-3)25(15-21)30-4)26(28-27-23)20-11-7-18(2)8-12-20/h5-16H,1-4H3. The highest BCUT2D eigenvalue weighted by Crippen LogP contribution is 2.37. The number of hydrogen-bond acceptors (Lipinski definition) is 4. The summed E-state index contributed by atoms with van der Waals surface area (Å²) in [7, 11) is 3.28. The molecule has 0 bridgehead atoms. The second-order valence-electron chi connectivity index (χ2n) is 7.29. The van der Waals surface area contributed by atoms with Gasteiger partial charge in [0.2, 0.25) is 0 Å². The third-order valence-corrected chi connectivity index (χ3v) is 5.16. The molecular formula is C26H24N2O2. The van der Waals surface area contributed by atoms with Gasteiger partial charge in [-0.2, -0.15) is 0 Å². The molecule has 0 fully saturated rings. The van der Waals surface area contributed by atoms with E-state index in [1.54, 1.807) is 14.2 Å². The second kappa shape index (κ2) is 8.37. The number of aromatic nitrogens is 2. The van der Waals surface area contributed by atoms with Crippen molar-refractivity contribution in [3.8, 4) is 45.1 Å². The molecule has 0 N–H and O–H groups in total. The monoisotopic (exact) mass is 396 g/mol. The van der Waals surface area contributed by atoms with Crippen molar-refractivity contribution >= 4 is 0 Å². The van der Waals surface area contributed by atoms with Gasteiger partial charge < -0.3 is 9.47 Å². The molecule has 4 nitrogen and oxygen atoms in total. The average molecular weight is 396 g/mol. The summed E-state index contributed by atoms with van der Waals surface area (Å²) in [6, 6.07) is 24.7. The van der Waals surface area contributed by atoms with Gasteiger partial charge in [-0.25, -0.2) is 0 Å². The van der Waals surface area contributed by atoms with Crippen LogP contribution in [0.3, 0.4) is 0 Å². The molecule has 4 heteroatoms. The van der Waals surface area contributed by atoms with Gasteiger partial charge in [0, 0.05) is 16.7 Å². The lowest BCUT2D eigenvalue weighted by atomic mass is 9.97. The van der Waals surface area contributed by atoms with Crippen LogP contribution in [0.2, 0.25) is 0 Å². The summed E-state index contributed by atoms with van der Waals surface area (Å²) in [5, 5.41) is 9.16. The third kappa shape index (κ3) is 3.90. The van der Waals surface area contributed by atoms with Crippen LogP contribution in [0.5, 0.6) is 11.5 Å². The van der Waals surface area contributed by atoms with Crippen molar-refractivity contribution in [1.82, 2.24) is 10.2 Å². The fourth-order valence-corrected chi connectivity index (χ4v) is 3.41. The number of hydrogen-bond donors (Lipinski definition) is 0. The molecule has 3 aromatic carbocycles. The fourth-order valence-electron chi connectivity index (χ4n) is 3.41. The maximum atomic E-state index is 5.53. The first kappa shape index (κ1) is 19.6. The normalized spacial score (nSPS) is 10.7. The molecule has 150 valence electrons. The van der Waals surface area contributed by atoms with Crippen molar-refractivity contribution < 1.29 is 9.47 Å². The molecule has 0 aliphatic rings. The summed E-state index contributed by atoms with van der Waals surface area (Å²) < 4.78 is 10.9. The number of rotatable bonds is 5. The Bertz CT molecular complexity index is 1170. The van der Waals surface area contributed by atoms with E-state index in [1.165, 1.54) is 11.1 Å². The SMILES string of the molecule is COc1ccc(-c2cc(-c3ccc(C)cc3)nnc2-c2ccc(C)cc2)cc1OC. The molecule has 0 saturated carbocycles. The lowest BCUT2D eigenvalue weighted by molar-refractivity contribution is 0.355. The van der Waals surface area contributed by atoms with Crippen LogP contribution in [0.25, 0.3) is 33.6 Å². The largest absolute Gasteiger partial charge is 0.493 e. The highest BCUT2D eigenvalue weighted by Gasteiger charge is 2.15. The van der Waals surface area contributed by atoms with Crippen molar-refractivity contribution in [1.29, 1.82) is 0 Å². The zero-order valence-electron chi connectivity index (χ0n) is 17.6. The molecule has 0 radical (unpaired) electrons. The predicted molar refractivity (Wildman–Crippen MR) is 121 cm³/mol. The summed E-state index contributed by atoms with van der Waals surface area (Å²) in [4.78, 5) is 0. The van der Waals surface area contributed by atoms with Crippen molar-refractivity contribution in [2.75, 3.05) is 14.2 Å². The molecule has 0 aliphatic carbocycles. The van der Waals surface area contributed by atoms with E-state index in [2.05, 4.69) is 78.6 Å². The Hall–Kier alpha value is -3.66. The van der Waals surface area contributed by atoms with Crippen molar-refractivity contribution in [3.63, 3.8) is 0 Å². The first-order valence-electron chi connectivity index (χ1n) is 9.83. The van der Waals surface area contributed by atoms with Gasteiger partial charge in [-0.05, 0) is 37.6 Å². The Kier molecular flexibility index (Phi) is 5.48. The molecule has 0 spiro atoms. The maximum Gasteiger partial charge on any atom is 0.161 e. The summed E-state index contributed by atoms with van der Waals surface area (Å²) in [5.41, 5.74) is 8.11. The van der Waals surface area contributed by atoms with Crippen molar-refractivity contribution in [3.05, 3.63) is 83.9 Å². The number of aryl methyl sites for hydroxylation is 2. The number of methoxy groups -OCH3 is 2. The van der Waals surface area contributed by atoms with Gasteiger partial charge in [0.25, 0.3) is 0 Å². The fraction of sp³-hybridized carbons (Fsp3) is 0.154. The first-order valence-corrected chi connectivity index (χ1v) is 9.83. The molecule has 0 atom stereocenters. The van der Waals surface area contributed by atoms with Gasteiger partial charge in [-0.3, -0.25) is 0 Å². The van der Waals surface area contributed by atoms with Crippen LogP contribution < -0.4 is 9.47 Å². The Morgan fingerprint density at radius 1 is 0.567 bits per heavy atom. The molecule has 30 heavy (non-hydrogen) atoms. The van der Waals surface area contributed by atoms with Crippen LogP contribution in [-0.2, 0) is 0 Å². The zero-order valence-corrected chi connectivity index (χ0v) is 17.6. The first-order chi connectivity index (χ1) is 14.6. The van der Waals surface area contributed by atoms with Gasteiger partial charge in [0.15, 0.2) is 11.5 Å². The summed E-state index contributed by atoms with van der Waals surface area (Å²) >= 11 is 0. The molecular weight excluding hydrogens is 372 g/mol. The van der Waals surface area contributed by atoms with Crippen molar-refractivity contribution in [2.24, 2.45) is 0 Å². The van der Waals surface area contributed by atoms with Crippen LogP contribution in [-0.4, -0.2) is 24.4 Å². The molecule has 0 unspecified atom stereocenters. The average Bonchev–Trinajstić information content (AvgIpc) is 2.79. The van der Waals surface area contributed by atoms with E-state index < -0.39 is 0 Å². The zero-order chi connectivity index (χ0) is 21.1. The predicted octanol–water partition coefficient (Wildman–Crippen LogP) is 6.11. The molecule has 0 aliphatic heterocycles. The van der Waals surface area contributed by atoms with Gasteiger partial charge in [0.05, 0.1) is 19.9 Å². The lowest BCUT2D eigenvalue weighted by Crippen LogP contribution is -1.97. The summed E-state index contributed by atoms with van der Waals surface area (Å²) in [6.45, 7) is 4.15. The minimum Gasteiger partial charge on any atom is -0.493 e. The topological polar surface area (TPSA) is 44.2 Å². The van der Waals surface area contributed by atoms with Crippen molar-refractivity contribution in [2.45, 2.75) is 13.8 Å². The van der Waals surface area contributed by atoms with Crippen LogP contribution in [0.4, 0.5) is 0 Å². The molecule has 4 rings (SSSR count). The molecule has 1 aromatic heterocycles. The molecule has 4 aromatic rings. The Morgan fingerprint density at radius 3 is 1.73 bits per heavy atom. The number of benzene rings is 3. The molecule has 0 amide bonds. The second-order valence-corrected chi connectivity index (χ2v) is 7.29. The van der Waals surface area contributed by atoms with E-state index in [1.807, 2.05) is 18.2 Å². The smallest absolute Gasteiger partial charge is 0.161 e. The van der Waals surface area contributed by atoms with Crippen LogP contribution in [0.1, 0.15) is 11.1 Å². The molecule has 1 heterocycles. The number of ether oxygens (including phenoxy) is 2. The van der Waals surface area contributed by atoms with Crippen LogP contribution in [0, 0.1) is 13.8 Å². The van der Waals surface area contributed by atoms with Gasteiger partial charge in [0.1, 0.15) is 5.69 Å². The van der Waals surface area contributed by atoms with E-state index in [0.717, 1.165) is 33.6 Å². The van der Waals surface area contributed by atoms with Gasteiger partial charge in [-0.1, -0.05) is 65.7 Å². The maximum absolute atomic E-state index is 5.53. The Balaban J connectivity index is 1.91. The Morgan fingerprint density at radius 2 is 1.13 bits per heavy atom. The third-order valence-electron chi connectivity index (χ3n) is 5.16. The highest BCUT2D eigenvalue weighted by atomic mass is 16.5. The number of nitrogens with zero attached hydrogens (tertiary/aromatic N) is 2. The quantitative estimate of drug-likeness (QED) is 0.408. The van der Waals surface area contributed by atoms with Gasteiger partial charge in [-0.15, -0.1) is 10.2 Å². The van der Waals surface area contributed by atoms with E-state index in [9.17, 15) is 0 Å². The van der Waals surface area contributed by atoms with E-state index in [0.29, 0.717) is 11.5 Å². The minimum atomic E-state index is 0.679. The summed E-state index contributed by atoms with van der Waals surface area (Å²) in [5.74, 6) is 1.37. The van der Waals surface area contributed by atoms with Crippen LogP contribution >= 0.6 is 0 Å². The van der Waals surface area contributed by atoms with Gasteiger partial charge >= 0.3 is 0 Å². The van der Waals surface area contributed by atoms with E-state index >= 15 is 0 Å². The van der Waals surface area contributed by atoms with E-state index in [4.69, 9.17) is 9.47 Å².